The van der Waals surface area contributed by atoms with Crippen molar-refractivity contribution in [2.75, 3.05) is 24.7 Å². The van der Waals surface area contributed by atoms with E-state index in [0.29, 0.717) is 24.5 Å². The van der Waals surface area contributed by atoms with Crippen molar-refractivity contribution >= 4 is 23.6 Å². The number of hydrogen-bond acceptors (Lipinski definition) is 6. The zero-order chi connectivity index (χ0) is 15.4. The minimum Gasteiger partial charge on any atom is -0.464 e. The van der Waals surface area contributed by atoms with Gasteiger partial charge in [0.2, 0.25) is 5.91 Å². The lowest BCUT2D eigenvalue weighted by Gasteiger charge is -2.35. The Hall–Kier alpha value is -1.54. The van der Waals surface area contributed by atoms with E-state index in [1.165, 1.54) is 4.90 Å². The summed E-state index contributed by atoms with van der Waals surface area (Å²) >= 11 is 1.64. The Morgan fingerprint density at radius 1 is 1.62 bits per heavy atom. The lowest BCUT2D eigenvalue weighted by Crippen LogP contribution is -2.53. The number of nitrogens with two attached hydrogens (primary N) is 1. The van der Waals surface area contributed by atoms with Gasteiger partial charge in [-0.2, -0.15) is 16.9 Å². The van der Waals surface area contributed by atoms with E-state index in [0.717, 1.165) is 5.75 Å². The van der Waals surface area contributed by atoms with Gasteiger partial charge in [-0.3, -0.25) is 9.48 Å². The quantitative estimate of drug-likeness (QED) is 0.783. The van der Waals surface area contributed by atoms with Crippen LogP contribution in [0.3, 0.4) is 0 Å². The third kappa shape index (κ3) is 3.56. The van der Waals surface area contributed by atoms with Gasteiger partial charge in [-0.1, -0.05) is 0 Å². The number of carbonyl (C=O) groups is 2. The number of ether oxygens (including phenoxy) is 1. The Bertz CT molecular complexity index is 519. The highest BCUT2D eigenvalue weighted by molar-refractivity contribution is 7.99. The lowest BCUT2D eigenvalue weighted by atomic mass is 10.1. The first-order valence-electron chi connectivity index (χ1n) is 6.83. The van der Waals surface area contributed by atoms with Gasteiger partial charge in [-0.15, -0.1) is 0 Å². The number of amides is 1. The maximum Gasteiger partial charge on any atom is 0.329 e. The molecule has 0 radical (unpaired) electrons. The van der Waals surface area contributed by atoms with Gasteiger partial charge in [0.25, 0.3) is 0 Å². The van der Waals surface area contributed by atoms with E-state index in [-0.39, 0.29) is 11.9 Å². The molecule has 8 heteroatoms. The summed E-state index contributed by atoms with van der Waals surface area (Å²) in [6.45, 7) is 2.55. The van der Waals surface area contributed by atoms with Crippen molar-refractivity contribution < 1.29 is 14.3 Å². The van der Waals surface area contributed by atoms with Gasteiger partial charge in [-0.25, -0.2) is 4.79 Å². The second-order valence-corrected chi connectivity index (χ2v) is 5.95. The Kier molecular flexibility index (Phi) is 5.24. The number of carbonyl (C=O) groups excluding carboxylic acids is 2. The van der Waals surface area contributed by atoms with Crippen molar-refractivity contribution in [2.24, 2.45) is 12.8 Å². The largest absolute Gasteiger partial charge is 0.464 e. The van der Waals surface area contributed by atoms with Gasteiger partial charge in [0.1, 0.15) is 12.1 Å². The van der Waals surface area contributed by atoms with Crippen LogP contribution in [-0.4, -0.2) is 57.3 Å². The molecular weight excluding hydrogens is 292 g/mol. The Balaban J connectivity index is 2.12. The average molecular weight is 312 g/mol. The summed E-state index contributed by atoms with van der Waals surface area (Å²) in [4.78, 5) is 26.1. The molecule has 0 spiro atoms. The summed E-state index contributed by atoms with van der Waals surface area (Å²) in [5, 5.41) is 4.02. The molecule has 0 saturated carbocycles. The Labute approximate surface area is 127 Å². The number of hydrogen-bond donors (Lipinski definition) is 1. The fourth-order valence-electron chi connectivity index (χ4n) is 2.22. The van der Waals surface area contributed by atoms with E-state index in [9.17, 15) is 9.59 Å². The van der Waals surface area contributed by atoms with Crippen molar-refractivity contribution in [1.82, 2.24) is 14.7 Å². The molecule has 1 fully saturated rings. The first kappa shape index (κ1) is 15.8. The number of aryl methyl sites for hydroxylation is 1. The molecule has 7 nitrogen and oxygen atoms in total. The molecule has 2 atom stereocenters. The van der Waals surface area contributed by atoms with Gasteiger partial charge in [0.15, 0.2) is 0 Å². The highest BCUT2D eigenvalue weighted by Crippen LogP contribution is 2.22. The van der Waals surface area contributed by atoms with Crippen LogP contribution in [0.15, 0.2) is 12.4 Å². The molecule has 0 aliphatic carbocycles. The maximum atomic E-state index is 12.6. The topological polar surface area (TPSA) is 90.4 Å². The summed E-state index contributed by atoms with van der Waals surface area (Å²) in [6.07, 6.45) is 3.28. The monoisotopic (exact) mass is 312 g/mol. The van der Waals surface area contributed by atoms with Gasteiger partial charge in [-0.05, 0) is 6.92 Å². The lowest BCUT2D eigenvalue weighted by molar-refractivity contribution is -0.154. The summed E-state index contributed by atoms with van der Waals surface area (Å²) < 4.78 is 6.64. The highest BCUT2D eigenvalue weighted by Gasteiger charge is 2.36. The smallest absolute Gasteiger partial charge is 0.329 e. The molecule has 1 aromatic heterocycles. The highest BCUT2D eigenvalue weighted by atomic mass is 32.2. The summed E-state index contributed by atoms with van der Waals surface area (Å²) in [6, 6.07) is -1.36. The predicted octanol–water partition coefficient (Wildman–Crippen LogP) is -0.0730. The van der Waals surface area contributed by atoms with Crippen LogP contribution in [-0.2, 0) is 21.4 Å². The average Bonchev–Trinajstić information content (AvgIpc) is 2.92. The van der Waals surface area contributed by atoms with E-state index in [1.54, 1.807) is 42.8 Å². The number of aromatic nitrogens is 2. The van der Waals surface area contributed by atoms with Crippen LogP contribution < -0.4 is 5.73 Å². The second-order valence-electron chi connectivity index (χ2n) is 4.80. The number of nitrogens with zero attached hydrogens (tertiary/aromatic N) is 3. The zero-order valence-corrected chi connectivity index (χ0v) is 13.0. The van der Waals surface area contributed by atoms with Crippen LogP contribution in [0, 0.1) is 0 Å². The molecule has 2 rings (SSSR count). The van der Waals surface area contributed by atoms with E-state index in [4.69, 9.17) is 10.5 Å². The van der Waals surface area contributed by atoms with Crippen molar-refractivity contribution in [1.29, 1.82) is 0 Å². The van der Waals surface area contributed by atoms with Crippen molar-refractivity contribution in [3.05, 3.63) is 18.0 Å². The first-order valence-corrected chi connectivity index (χ1v) is 7.99. The van der Waals surface area contributed by atoms with Crippen molar-refractivity contribution in [2.45, 2.75) is 19.0 Å². The molecule has 2 unspecified atom stereocenters. The van der Waals surface area contributed by atoms with Crippen molar-refractivity contribution in [3.8, 4) is 0 Å². The van der Waals surface area contributed by atoms with E-state index in [1.807, 2.05) is 0 Å². The van der Waals surface area contributed by atoms with Gasteiger partial charge >= 0.3 is 5.97 Å². The SMILES string of the molecule is CCOC(=O)C1CSCCN1C(=O)C(N)c1cnn(C)c1. The van der Waals surface area contributed by atoms with Crippen LogP contribution in [0.5, 0.6) is 0 Å². The molecule has 1 amide bonds. The Morgan fingerprint density at radius 3 is 3.00 bits per heavy atom. The number of thioether (sulfide) groups is 1. The maximum absolute atomic E-state index is 12.6. The molecule has 1 aromatic rings. The van der Waals surface area contributed by atoms with E-state index < -0.39 is 12.1 Å². The zero-order valence-electron chi connectivity index (χ0n) is 12.2. The molecule has 2 N–H and O–H groups in total. The summed E-state index contributed by atoms with van der Waals surface area (Å²) in [7, 11) is 1.76. The molecular formula is C13H20N4O3S. The summed E-state index contributed by atoms with van der Waals surface area (Å²) in [5.74, 6) is 0.712. The van der Waals surface area contributed by atoms with Crippen LogP contribution >= 0.6 is 11.8 Å². The van der Waals surface area contributed by atoms with Crippen LogP contribution in [0.4, 0.5) is 0 Å². The second kappa shape index (κ2) is 6.95. The van der Waals surface area contributed by atoms with E-state index >= 15 is 0 Å². The minimum atomic E-state index is -0.807. The van der Waals surface area contributed by atoms with Crippen LogP contribution in [0.25, 0.3) is 0 Å². The number of rotatable bonds is 4. The predicted molar refractivity (Wildman–Crippen MR) is 79.6 cm³/mol. The normalized spacial score (nSPS) is 20.1. The van der Waals surface area contributed by atoms with Gasteiger partial charge in [0.05, 0.1) is 12.8 Å². The van der Waals surface area contributed by atoms with E-state index in [2.05, 4.69) is 5.10 Å². The fourth-order valence-corrected chi connectivity index (χ4v) is 3.25. The van der Waals surface area contributed by atoms with Gasteiger partial charge in [0, 0.05) is 36.9 Å². The molecule has 1 aliphatic rings. The summed E-state index contributed by atoms with van der Waals surface area (Å²) in [5.41, 5.74) is 6.66. The standard InChI is InChI=1S/C13H20N4O3S/c1-3-20-13(19)10-8-21-5-4-17(10)12(18)11(14)9-6-15-16(2)7-9/h6-7,10-11H,3-5,8,14H2,1-2H3. The molecule has 0 bridgehead atoms. The molecule has 2 heterocycles. The van der Waals surface area contributed by atoms with Crippen LogP contribution in [0.2, 0.25) is 0 Å². The minimum absolute atomic E-state index is 0.263. The third-order valence-corrected chi connectivity index (χ3v) is 4.34. The van der Waals surface area contributed by atoms with Crippen LogP contribution in [0.1, 0.15) is 18.5 Å². The van der Waals surface area contributed by atoms with Gasteiger partial charge < -0.3 is 15.4 Å². The molecule has 1 saturated heterocycles. The Morgan fingerprint density at radius 2 is 2.38 bits per heavy atom. The first-order chi connectivity index (χ1) is 10.0. The molecule has 1 aliphatic heterocycles. The molecule has 116 valence electrons. The number of esters is 1. The molecule has 21 heavy (non-hydrogen) atoms. The van der Waals surface area contributed by atoms with Crippen molar-refractivity contribution in [3.63, 3.8) is 0 Å². The third-order valence-electron chi connectivity index (χ3n) is 3.32. The molecule has 0 aromatic carbocycles. The fraction of sp³-hybridized carbons (Fsp3) is 0.615.